The first-order valence-electron chi connectivity index (χ1n) is 7.56. The van der Waals surface area contributed by atoms with Gasteiger partial charge in [0, 0.05) is 23.3 Å². The highest BCUT2D eigenvalue weighted by Crippen LogP contribution is 2.19. The minimum absolute atomic E-state index is 0.292. The summed E-state index contributed by atoms with van der Waals surface area (Å²) in [6.45, 7) is 2.37. The molecule has 3 aromatic rings. The summed E-state index contributed by atoms with van der Waals surface area (Å²) >= 11 is 0. The van der Waals surface area contributed by atoms with Crippen LogP contribution in [0.5, 0.6) is 0 Å². The summed E-state index contributed by atoms with van der Waals surface area (Å²) in [5.41, 5.74) is 2.29. The number of amides is 3. The van der Waals surface area contributed by atoms with E-state index >= 15 is 0 Å². The lowest BCUT2D eigenvalue weighted by Gasteiger charge is -2.08. The lowest BCUT2D eigenvalue weighted by atomic mass is 10.2. The van der Waals surface area contributed by atoms with Crippen LogP contribution in [0.3, 0.4) is 0 Å². The molecule has 4 N–H and O–H groups in total. The van der Waals surface area contributed by atoms with Crippen LogP contribution in [0.15, 0.2) is 48.5 Å². The fourth-order valence-electron chi connectivity index (χ4n) is 2.34. The highest BCUT2D eigenvalue weighted by Gasteiger charge is 2.14. The molecule has 1 heterocycles. The molecule has 0 fully saturated rings. The van der Waals surface area contributed by atoms with Crippen molar-refractivity contribution in [3.05, 3.63) is 54.2 Å². The fraction of sp³-hybridized carbons (Fsp3) is 0.118. The van der Waals surface area contributed by atoms with Crippen LogP contribution in [0.4, 0.5) is 16.2 Å². The van der Waals surface area contributed by atoms with Crippen molar-refractivity contribution in [2.75, 3.05) is 17.2 Å². The summed E-state index contributed by atoms with van der Waals surface area (Å²) in [5, 5.41) is 15.8. The molecule has 24 heavy (non-hydrogen) atoms. The molecule has 0 unspecified atom stereocenters. The number of nitrogens with one attached hydrogen (secondary N) is 4. The number of hydrogen-bond acceptors (Lipinski definition) is 3. The Kier molecular flexibility index (Phi) is 4.42. The Morgan fingerprint density at radius 3 is 2.58 bits per heavy atom. The average Bonchev–Trinajstić information content (AvgIpc) is 2.99. The lowest BCUT2D eigenvalue weighted by Crippen LogP contribution is -2.28. The zero-order valence-electron chi connectivity index (χ0n) is 13.1. The number of H-pyrrole nitrogens is 1. The first kappa shape index (κ1) is 15.5. The number of rotatable bonds is 4. The first-order chi connectivity index (χ1) is 11.7. The number of fused-ring (bicyclic) bond motifs is 1. The second-order valence-corrected chi connectivity index (χ2v) is 5.14. The SMILES string of the molecule is CCNC(=O)Nc1cccc(NC(=O)c2n[nH]c3ccccc23)c1. The van der Waals surface area contributed by atoms with E-state index in [0.29, 0.717) is 23.6 Å². The third-order valence-electron chi connectivity index (χ3n) is 3.40. The number of urea groups is 1. The molecule has 0 spiro atoms. The molecular formula is C17H17N5O2. The van der Waals surface area contributed by atoms with Gasteiger partial charge in [-0.3, -0.25) is 9.89 Å². The van der Waals surface area contributed by atoms with E-state index in [1.54, 1.807) is 24.3 Å². The quantitative estimate of drug-likeness (QED) is 0.594. The lowest BCUT2D eigenvalue weighted by molar-refractivity contribution is 0.102. The number of carbonyl (C=O) groups is 2. The molecule has 0 saturated heterocycles. The Morgan fingerprint density at radius 1 is 1.04 bits per heavy atom. The fourth-order valence-corrected chi connectivity index (χ4v) is 2.34. The predicted octanol–water partition coefficient (Wildman–Crippen LogP) is 2.96. The Balaban J connectivity index is 1.76. The molecular weight excluding hydrogens is 306 g/mol. The Morgan fingerprint density at radius 2 is 1.79 bits per heavy atom. The number of anilines is 2. The molecule has 7 heteroatoms. The number of para-hydroxylation sites is 1. The third-order valence-corrected chi connectivity index (χ3v) is 3.40. The summed E-state index contributed by atoms with van der Waals surface area (Å²) in [5.74, 6) is -0.317. The summed E-state index contributed by atoms with van der Waals surface area (Å²) in [4.78, 5) is 24.0. The van der Waals surface area contributed by atoms with Crippen LogP contribution in [0, 0.1) is 0 Å². The summed E-state index contributed by atoms with van der Waals surface area (Å²) in [6, 6.07) is 14.0. The molecule has 0 saturated carbocycles. The number of aromatic amines is 1. The highest BCUT2D eigenvalue weighted by molar-refractivity contribution is 6.11. The van der Waals surface area contributed by atoms with Gasteiger partial charge in [-0.15, -0.1) is 0 Å². The molecule has 0 aliphatic heterocycles. The summed E-state index contributed by atoms with van der Waals surface area (Å²) in [7, 11) is 0. The number of aromatic nitrogens is 2. The molecule has 2 aromatic carbocycles. The molecule has 122 valence electrons. The number of carbonyl (C=O) groups excluding carboxylic acids is 2. The second kappa shape index (κ2) is 6.82. The van der Waals surface area contributed by atoms with E-state index in [2.05, 4.69) is 26.1 Å². The topological polar surface area (TPSA) is 98.9 Å². The molecule has 0 aliphatic carbocycles. The van der Waals surface area contributed by atoms with E-state index < -0.39 is 0 Å². The normalized spacial score (nSPS) is 10.4. The van der Waals surface area contributed by atoms with Crippen molar-refractivity contribution >= 4 is 34.2 Å². The van der Waals surface area contributed by atoms with Gasteiger partial charge in [0.2, 0.25) is 0 Å². The molecule has 0 aliphatic rings. The van der Waals surface area contributed by atoms with E-state index in [4.69, 9.17) is 0 Å². The minimum Gasteiger partial charge on any atom is -0.338 e. The van der Waals surface area contributed by atoms with Crippen LogP contribution in [0.2, 0.25) is 0 Å². The van der Waals surface area contributed by atoms with Crippen molar-refractivity contribution in [2.45, 2.75) is 6.92 Å². The van der Waals surface area contributed by atoms with E-state index in [1.165, 1.54) is 0 Å². The summed E-state index contributed by atoms with van der Waals surface area (Å²) < 4.78 is 0. The van der Waals surface area contributed by atoms with Gasteiger partial charge in [-0.05, 0) is 31.2 Å². The van der Waals surface area contributed by atoms with E-state index in [1.807, 2.05) is 31.2 Å². The van der Waals surface area contributed by atoms with Gasteiger partial charge in [0.15, 0.2) is 5.69 Å². The molecule has 7 nitrogen and oxygen atoms in total. The van der Waals surface area contributed by atoms with Crippen LogP contribution in [-0.4, -0.2) is 28.7 Å². The standard InChI is InChI=1S/C17H17N5O2/c1-2-18-17(24)20-12-7-5-6-11(10-12)19-16(23)15-13-8-3-4-9-14(13)21-22-15/h3-10H,2H2,1H3,(H,19,23)(H,21,22)(H2,18,20,24). The van der Waals surface area contributed by atoms with Crippen molar-refractivity contribution in [1.82, 2.24) is 15.5 Å². The van der Waals surface area contributed by atoms with E-state index in [0.717, 1.165) is 10.9 Å². The smallest absolute Gasteiger partial charge is 0.319 e. The number of benzene rings is 2. The minimum atomic E-state index is -0.317. The van der Waals surface area contributed by atoms with Crippen LogP contribution in [-0.2, 0) is 0 Å². The number of hydrogen-bond donors (Lipinski definition) is 4. The monoisotopic (exact) mass is 323 g/mol. The van der Waals surface area contributed by atoms with Gasteiger partial charge in [-0.25, -0.2) is 4.79 Å². The molecule has 1 aromatic heterocycles. The average molecular weight is 323 g/mol. The molecule has 0 atom stereocenters. The Bertz CT molecular complexity index is 887. The molecule has 0 bridgehead atoms. The van der Waals surface area contributed by atoms with Gasteiger partial charge in [0.1, 0.15) is 0 Å². The zero-order valence-corrected chi connectivity index (χ0v) is 13.1. The van der Waals surface area contributed by atoms with Crippen molar-refractivity contribution in [1.29, 1.82) is 0 Å². The third kappa shape index (κ3) is 3.35. The second-order valence-electron chi connectivity index (χ2n) is 5.14. The number of nitrogens with zero attached hydrogens (tertiary/aromatic N) is 1. The Hall–Kier alpha value is -3.35. The predicted molar refractivity (Wildman–Crippen MR) is 93.2 cm³/mol. The summed E-state index contributed by atoms with van der Waals surface area (Å²) in [6.07, 6.45) is 0. The van der Waals surface area contributed by atoms with Crippen LogP contribution < -0.4 is 16.0 Å². The maximum atomic E-state index is 12.4. The first-order valence-corrected chi connectivity index (χ1v) is 7.56. The molecule has 0 radical (unpaired) electrons. The van der Waals surface area contributed by atoms with Gasteiger partial charge in [0.05, 0.1) is 5.52 Å². The van der Waals surface area contributed by atoms with Crippen LogP contribution in [0.1, 0.15) is 17.4 Å². The van der Waals surface area contributed by atoms with Crippen LogP contribution in [0.25, 0.3) is 10.9 Å². The maximum absolute atomic E-state index is 12.4. The molecule has 3 rings (SSSR count). The van der Waals surface area contributed by atoms with Crippen molar-refractivity contribution in [3.63, 3.8) is 0 Å². The largest absolute Gasteiger partial charge is 0.338 e. The molecule has 3 amide bonds. The van der Waals surface area contributed by atoms with E-state index in [-0.39, 0.29) is 11.9 Å². The zero-order chi connectivity index (χ0) is 16.9. The van der Waals surface area contributed by atoms with Gasteiger partial charge in [-0.2, -0.15) is 5.10 Å². The van der Waals surface area contributed by atoms with E-state index in [9.17, 15) is 9.59 Å². The Labute approximate surface area is 138 Å². The van der Waals surface area contributed by atoms with Crippen molar-refractivity contribution < 1.29 is 9.59 Å². The van der Waals surface area contributed by atoms with Gasteiger partial charge >= 0.3 is 6.03 Å². The van der Waals surface area contributed by atoms with Gasteiger partial charge < -0.3 is 16.0 Å². The van der Waals surface area contributed by atoms with Gasteiger partial charge in [0.25, 0.3) is 5.91 Å². The van der Waals surface area contributed by atoms with Gasteiger partial charge in [-0.1, -0.05) is 24.3 Å². The van der Waals surface area contributed by atoms with Crippen molar-refractivity contribution in [3.8, 4) is 0 Å². The maximum Gasteiger partial charge on any atom is 0.319 e. The van der Waals surface area contributed by atoms with Crippen LogP contribution >= 0.6 is 0 Å². The highest BCUT2D eigenvalue weighted by atomic mass is 16.2. The van der Waals surface area contributed by atoms with Crippen molar-refractivity contribution in [2.24, 2.45) is 0 Å².